The summed E-state index contributed by atoms with van der Waals surface area (Å²) in [5.74, 6) is -1.37. The van der Waals surface area contributed by atoms with Gasteiger partial charge >= 0.3 is 0 Å². The number of nitrogens with one attached hydrogen (secondary N) is 1. The Morgan fingerprint density at radius 1 is 1.07 bits per heavy atom. The lowest BCUT2D eigenvalue weighted by Gasteiger charge is -2.27. The summed E-state index contributed by atoms with van der Waals surface area (Å²) >= 11 is 0. The van der Waals surface area contributed by atoms with Crippen LogP contribution in [0, 0.1) is 5.92 Å². The van der Waals surface area contributed by atoms with Gasteiger partial charge in [-0.1, -0.05) is 0 Å². The standard InChI is InChI=1S/C19H22N4O4/c20-7-5-11-6-8-22(10-11)12-1-2-13-14(9-12)19(27)23(18(13)26)15-3-4-16(24)21-17(15)25/h1-2,9,11,15H,3-8,10,20H2,(H,21,24,25). The van der Waals surface area contributed by atoms with Gasteiger partial charge in [0.2, 0.25) is 11.8 Å². The molecule has 0 aliphatic carbocycles. The first kappa shape index (κ1) is 17.7. The van der Waals surface area contributed by atoms with Crippen molar-refractivity contribution in [3.05, 3.63) is 29.3 Å². The molecular weight excluding hydrogens is 348 g/mol. The molecule has 3 heterocycles. The zero-order valence-corrected chi connectivity index (χ0v) is 14.9. The largest absolute Gasteiger partial charge is 0.371 e. The van der Waals surface area contributed by atoms with Crippen LogP contribution >= 0.6 is 0 Å². The molecule has 0 saturated carbocycles. The van der Waals surface area contributed by atoms with Crippen molar-refractivity contribution in [2.75, 3.05) is 24.5 Å². The van der Waals surface area contributed by atoms with Gasteiger partial charge in [-0.15, -0.1) is 0 Å². The number of amides is 4. The molecule has 8 nitrogen and oxygen atoms in total. The van der Waals surface area contributed by atoms with E-state index in [9.17, 15) is 19.2 Å². The molecule has 142 valence electrons. The Hall–Kier alpha value is -2.74. The maximum atomic E-state index is 12.9. The van der Waals surface area contributed by atoms with Gasteiger partial charge in [-0.05, 0) is 49.9 Å². The Bertz CT molecular complexity index is 837. The summed E-state index contributed by atoms with van der Waals surface area (Å²) in [5, 5.41) is 2.20. The summed E-state index contributed by atoms with van der Waals surface area (Å²) in [6, 6.07) is 4.32. The van der Waals surface area contributed by atoms with Gasteiger partial charge in [0, 0.05) is 25.2 Å². The third-order valence-corrected chi connectivity index (χ3v) is 5.65. The number of fused-ring (bicyclic) bond motifs is 1. The minimum Gasteiger partial charge on any atom is -0.371 e. The van der Waals surface area contributed by atoms with Gasteiger partial charge in [0.1, 0.15) is 6.04 Å². The Kier molecular flexibility index (Phi) is 4.43. The van der Waals surface area contributed by atoms with Crippen LogP contribution < -0.4 is 16.0 Å². The normalized spacial score (nSPS) is 25.2. The van der Waals surface area contributed by atoms with E-state index in [4.69, 9.17) is 5.73 Å². The number of carbonyl (C=O) groups excluding carboxylic acids is 4. The molecule has 4 rings (SSSR count). The van der Waals surface area contributed by atoms with E-state index in [2.05, 4.69) is 10.2 Å². The van der Waals surface area contributed by atoms with Crippen molar-refractivity contribution in [1.82, 2.24) is 10.2 Å². The van der Waals surface area contributed by atoms with Crippen LogP contribution in [0.1, 0.15) is 46.4 Å². The van der Waals surface area contributed by atoms with E-state index in [0.29, 0.717) is 23.6 Å². The lowest BCUT2D eigenvalue weighted by Crippen LogP contribution is -2.54. The maximum absolute atomic E-state index is 12.9. The highest BCUT2D eigenvalue weighted by Crippen LogP contribution is 2.32. The van der Waals surface area contributed by atoms with E-state index in [1.807, 2.05) is 6.07 Å². The first-order chi connectivity index (χ1) is 13.0. The zero-order valence-electron chi connectivity index (χ0n) is 14.9. The molecular formula is C19H22N4O4. The van der Waals surface area contributed by atoms with E-state index in [0.717, 1.165) is 36.5 Å². The lowest BCUT2D eigenvalue weighted by molar-refractivity contribution is -0.136. The van der Waals surface area contributed by atoms with Crippen molar-refractivity contribution >= 4 is 29.3 Å². The van der Waals surface area contributed by atoms with E-state index < -0.39 is 23.8 Å². The number of nitrogens with zero attached hydrogens (tertiary/aromatic N) is 2. The van der Waals surface area contributed by atoms with Crippen molar-refractivity contribution in [2.24, 2.45) is 11.7 Å². The molecule has 3 aliphatic rings. The van der Waals surface area contributed by atoms with Gasteiger partial charge in [0.05, 0.1) is 11.1 Å². The fraction of sp³-hybridized carbons (Fsp3) is 0.474. The van der Waals surface area contributed by atoms with E-state index in [1.165, 1.54) is 0 Å². The molecule has 27 heavy (non-hydrogen) atoms. The minimum atomic E-state index is -0.931. The predicted molar refractivity (Wildman–Crippen MR) is 97.1 cm³/mol. The molecule has 2 saturated heterocycles. The molecule has 0 aromatic heterocycles. The molecule has 1 aromatic rings. The predicted octanol–water partition coefficient (Wildman–Crippen LogP) is 0.263. The van der Waals surface area contributed by atoms with E-state index >= 15 is 0 Å². The quantitative estimate of drug-likeness (QED) is 0.736. The Labute approximate surface area is 156 Å². The van der Waals surface area contributed by atoms with Crippen LogP contribution in [0.15, 0.2) is 18.2 Å². The van der Waals surface area contributed by atoms with Crippen molar-refractivity contribution < 1.29 is 19.2 Å². The monoisotopic (exact) mass is 370 g/mol. The molecule has 0 radical (unpaired) electrons. The molecule has 0 bridgehead atoms. The van der Waals surface area contributed by atoms with Crippen LogP contribution in [0.4, 0.5) is 5.69 Å². The number of piperidine rings is 1. The van der Waals surface area contributed by atoms with Gasteiger partial charge in [-0.3, -0.25) is 29.4 Å². The summed E-state index contributed by atoms with van der Waals surface area (Å²) in [5.41, 5.74) is 7.18. The second-order valence-electron chi connectivity index (χ2n) is 7.36. The Morgan fingerprint density at radius 3 is 2.59 bits per heavy atom. The number of rotatable bonds is 4. The van der Waals surface area contributed by atoms with Crippen molar-refractivity contribution in [2.45, 2.75) is 31.7 Å². The number of imide groups is 2. The first-order valence-corrected chi connectivity index (χ1v) is 9.30. The molecule has 4 amide bonds. The summed E-state index contributed by atoms with van der Waals surface area (Å²) < 4.78 is 0. The zero-order chi connectivity index (χ0) is 19.1. The number of hydrogen-bond donors (Lipinski definition) is 2. The Balaban J connectivity index is 1.57. The number of anilines is 1. The van der Waals surface area contributed by atoms with Gasteiger partial charge in [-0.2, -0.15) is 0 Å². The molecule has 2 unspecified atom stereocenters. The minimum absolute atomic E-state index is 0.116. The van der Waals surface area contributed by atoms with Gasteiger partial charge in [0.25, 0.3) is 11.8 Å². The Morgan fingerprint density at radius 2 is 1.85 bits per heavy atom. The fourth-order valence-electron chi connectivity index (χ4n) is 4.19. The van der Waals surface area contributed by atoms with Gasteiger partial charge < -0.3 is 10.6 Å². The summed E-state index contributed by atoms with van der Waals surface area (Å²) in [6.07, 6.45) is 2.31. The number of hydrogen-bond acceptors (Lipinski definition) is 6. The molecule has 2 fully saturated rings. The van der Waals surface area contributed by atoms with Crippen LogP contribution in [0.25, 0.3) is 0 Å². The second kappa shape index (κ2) is 6.77. The number of nitrogens with two attached hydrogens (primary N) is 1. The summed E-state index contributed by atoms with van der Waals surface area (Å²) in [7, 11) is 0. The molecule has 3 aliphatic heterocycles. The van der Waals surface area contributed by atoms with Gasteiger partial charge in [-0.25, -0.2) is 0 Å². The van der Waals surface area contributed by atoms with Crippen LogP contribution in [-0.4, -0.2) is 54.2 Å². The first-order valence-electron chi connectivity index (χ1n) is 9.30. The third kappa shape index (κ3) is 2.99. The van der Waals surface area contributed by atoms with Crippen LogP contribution in [0.2, 0.25) is 0 Å². The van der Waals surface area contributed by atoms with Gasteiger partial charge in [0.15, 0.2) is 0 Å². The van der Waals surface area contributed by atoms with Crippen LogP contribution in [0.5, 0.6) is 0 Å². The topological polar surface area (TPSA) is 113 Å². The molecule has 2 atom stereocenters. The fourth-order valence-corrected chi connectivity index (χ4v) is 4.19. The van der Waals surface area contributed by atoms with Crippen LogP contribution in [-0.2, 0) is 9.59 Å². The third-order valence-electron chi connectivity index (χ3n) is 5.65. The van der Waals surface area contributed by atoms with Crippen molar-refractivity contribution in [1.29, 1.82) is 0 Å². The maximum Gasteiger partial charge on any atom is 0.262 e. The lowest BCUT2D eigenvalue weighted by atomic mass is 10.0. The smallest absolute Gasteiger partial charge is 0.262 e. The van der Waals surface area contributed by atoms with Crippen molar-refractivity contribution in [3.63, 3.8) is 0 Å². The molecule has 3 N–H and O–H groups in total. The SMILES string of the molecule is NCCC1CCN(c2ccc3c(c2)C(=O)N(C2CCC(=O)NC2=O)C3=O)C1. The van der Waals surface area contributed by atoms with E-state index in [-0.39, 0.29) is 18.7 Å². The number of benzene rings is 1. The summed E-state index contributed by atoms with van der Waals surface area (Å²) in [6.45, 7) is 2.44. The van der Waals surface area contributed by atoms with Crippen LogP contribution in [0.3, 0.4) is 0 Å². The molecule has 1 aromatic carbocycles. The highest BCUT2D eigenvalue weighted by atomic mass is 16.2. The average Bonchev–Trinajstić information content (AvgIpc) is 3.20. The highest BCUT2D eigenvalue weighted by Gasteiger charge is 2.44. The highest BCUT2D eigenvalue weighted by molar-refractivity contribution is 6.23. The average molecular weight is 370 g/mol. The summed E-state index contributed by atoms with van der Waals surface area (Å²) in [4.78, 5) is 52.2. The van der Waals surface area contributed by atoms with E-state index in [1.54, 1.807) is 12.1 Å². The molecule has 8 heteroatoms. The number of carbonyl (C=O) groups is 4. The second-order valence-corrected chi connectivity index (χ2v) is 7.36. The van der Waals surface area contributed by atoms with Crippen molar-refractivity contribution in [3.8, 4) is 0 Å². The molecule has 0 spiro atoms.